The van der Waals surface area contributed by atoms with Crippen LogP contribution in [0, 0.1) is 0 Å². The molecule has 0 radical (unpaired) electrons. The van der Waals surface area contributed by atoms with Crippen molar-refractivity contribution in [3.05, 3.63) is 34.3 Å². The lowest BCUT2D eigenvalue weighted by Crippen LogP contribution is -2.29. The van der Waals surface area contributed by atoms with Gasteiger partial charge in [-0.15, -0.1) is 0 Å². The first-order valence-corrected chi connectivity index (χ1v) is 4.52. The summed E-state index contributed by atoms with van der Waals surface area (Å²) in [5.74, 6) is -0.979. The monoisotopic (exact) mass is 213 g/mol. The first kappa shape index (κ1) is 11.0. The second-order valence-electron chi connectivity index (χ2n) is 3.72. The van der Waals surface area contributed by atoms with Crippen LogP contribution < -0.4 is 5.73 Å². The average Bonchev–Trinajstić information content (AvgIpc) is 2.02. The Morgan fingerprint density at radius 1 is 1.50 bits per heavy atom. The van der Waals surface area contributed by atoms with Gasteiger partial charge in [-0.3, -0.25) is 0 Å². The highest BCUT2D eigenvalue weighted by Gasteiger charge is 2.19. The highest BCUT2D eigenvalue weighted by atomic mass is 35.5. The quantitative estimate of drug-likeness (QED) is 0.792. The number of nitrogens with two attached hydrogens (primary N) is 1. The van der Waals surface area contributed by atoms with Crippen molar-refractivity contribution in [1.29, 1.82) is 0 Å². The number of carboxylic acids is 1. The summed E-state index contributed by atoms with van der Waals surface area (Å²) >= 11 is 5.91. The first-order chi connectivity index (χ1) is 6.32. The van der Waals surface area contributed by atoms with E-state index in [2.05, 4.69) is 0 Å². The predicted octanol–water partition coefficient (Wildman–Crippen LogP) is 2.23. The maximum atomic E-state index is 10.7. The normalized spacial score (nSPS) is 11.4. The van der Waals surface area contributed by atoms with Gasteiger partial charge in [-0.1, -0.05) is 11.6 Å². The zero-order valence-electron chi connectivity index (χ0n) is 8.04. The third-order valence-electron chi connectivity index (χ3n) is 1.91. The molecule has 76 valence electrons. The number of aromatic carboxylic acids is 1. The second kappa shape index (κ2) is 3.59. The van der Waals surface area contributed by atoms with Crippen LogP contribution in [0.15, 0.2) is 18.2 Å². The van der Waals surface area contributed by atoms with Gasteiger partial charge in [0.2, 0.25) is 0 Å². The Morgan fingerprint density at radius 3 is 2.50 bits per heavy atom. The number of carbonyl (C=O) groups is 1. The molecule has 0 fully saturated rings. The summed E-state index contributed by atoms with van der Waals surface area (Å²) in [4.78, 5) is 10.7. The SMILES string of the molecule is CC(C)(N)c1cc(C(=O)O)ccc1Cl. The maximum Gasteiger partial charge on any atom is 0.335 e. The van der Waals surface area contributed by atoms with Gasteiger partial charge in [0, 0.05) is 10.6 Å². The van der Waals surface area contributed by atoms with Crippen LogP contribution in [0.25, 0.3) is 0 Å². The van der Waals surface area contributed by atoms with Gasteiger partial charge >= 0.3 is 5.97 Å². The Bertz CT molecular complexity index is 369. The maximum absolute atomic E-state index is 10.7. The van der Waals surface area contributed by atoms with Crippen molar-refractivity contribution in [2.75, 3.05) is 0 Å². The summed E-state index contributed by atoms with van der Waals surface area (Å²) in [6, 6.07) is 4.51. The van der Waals surface area contributed by atoms with E-state index in [0.717, 1.165) is 0 Å². The molecule has 1 rings (SSSR count). The van der Waals surface area contributed by atoms with Gasteiger partial charge in [0.25, 0.3) is 0 Å². The molecule has 0 atom stereocenters. The number of halogens is 1. The van der Waals surface area contributed by atoms with Crippen molar-refractivity contribution in [2.45, 2.75) is 19.4 Å². The van der Waals surface area contributed by atoms with Gasteiger partial charge in [-0.2, -0.15) is 0 Å². The fourth-order valence-corrected chi connectivity index (χ4v) is 1.51. The number of rotatable bonds is 2. The van der Waals surface area contributed by atoms with E-state index < -0.39 is 11.5 Å². The molecule has 1 aromatic carbocycles. The molecule has 4 heteroatoms. The third-order valence-corrected chi connectivity index (χ3v) is 2.24. The summed E-state index contributed by atoms with van der Waals surface area (Å²) in [6.45, 7) is 3.56. The number of hydrogen-bond acceptors (Lipinski definition) is 2. The molecule has 0 spiro atoms. The molecule has 0 aliphatic carbocycles. The summed E-state index contributed by atoms with van der Waals surface area (Å²) in [6.07, 6.45) is 0. The zero-order valence-corrected chi connectivity index (χ0v) is 8.80. The largest absolute Gasteiger partial charge is 0.478 e. The van der Waals surface area contributed by atoms with Crippen molar-refractivity contribution in [3.63, 3.8) is 0 Å². The summed E-state index contributed by atoms with van der Waals surface area (Å²) in [5, 5.41) is 9.27. The molecule has 3 N–H and O–H groups in total. The minimum Gasteiger partial charge on any atom is -0.478 e. The Labute approximate surface area is 87.5 Å². The molecule has 0 heterocycles. The Kier molecular flexibility index (Phi) is 2.83. The van der Waals surface area contributed by atoms with Crippen LogP contribution in [0.1, 0.15) is 29.8 Å². The summed E-state index contributed by atoms with van der Waals surface area (Å²) in [7, 11) is 0. The average molecular weight is 214 g/mol. The Morgan fingerprint density at radius 2 is 2.07 bits per heavy atom. The number of benzene rings is 1. The van der Waals surface area contributed by atoms with E-state index in [1.165, 1.54) is 12.1 Å². The van der Waals surface area contributed by atoms with E-state index in [-0.39, 0.29) is 5.56 Å². The minimum absolute atomic E-state index is 0.197. The molecular formula is C10H12ClNO2. The minimum atomic E-state index is -0.979. The van der Waals surface area contributed by atoms with E-state index in [4.69, 9.17) is 22.4 Å². The van der Waals surface area contributed by atoms with E-state index in [0.29, 0.717) is 10.6 Å². The molecule has 14 heavy (non-hydrogen) atoms. The Balaban J connectivity index is 3.29. The van der Waals surface area contributed by atoms with Crippen LogP contribution in [-0.4, -0.2) is 11.1 Å². The molecule has 0 bridgehead atoms. The summed E-state index contributed by atoms with van der Waals surface area (Å²) < 4.78 is 0. The van der Waals surface area contributed by atoms with Crippen LogP contribution in [0.2, 0.25) is 5.02 Å². The lowest BCUT2D eigenvalue weighted by atomic mass is 9.94. The van der Waals surface area contributed by atoms with Gasteiger partial charge in [0.15, 0.2) is 0 Å². The smallest absolute Gasteiger partial charge is 0.335 e. The molecule has 0 aliphatic rings. The second-order valence-corrected chi connectivity index (χ2v) is 4.13. The van der Waals surface area contributed by atoms with Crippen LogP contribution in [0.5, 0.6) is 0 Å². The van der Waals surface area contributed by atoms with Gasteiger partial charge in [0.05, 0.1) is 5.56 Å². The van der Waals surface area contributed by atoms with Gasteiger partial charge < -0.3 is 10.8 Å². The molecule has 0 aliphatic heterocycles. The van der Waals surface area contributed by atoms with Gasteiger partial charge in [-0.25, -0.2) is 4.79 Å². The fourth-order valence-electron chi connectivity index (χ4n) is 1.15. The van der Waals surface area contributed by atoms with Crippen molar-refractivity contribution < 1.29 is 9.90 Å². The van der Waals surface area contributed by atoms with Crippen molar-refractivity contribution >= 4 is 17.6 Å². The molecule has 1 aromatic rings. The van der Waals surface area contributed by atoms with E-state index in [9.17, 15) is 4.79 Å². The lowest BCUT2D eigenvalue weighted by molar-refractivity contribution is 0.0696. The highest BCUT2D eigenvalue weighted by molar-refractivity contribution is 6.31. The van der Waals surface area contributed by atoms with E-state index in [1.54, 1.807) is 19.9 Å². The molecule has 0 saturated heterocycles. The summed E-state index contributed by atoms with van der Waals surface area (Å²) in [5.41, 5.74) is 6.05. The Hall–Kier alpha value is -1.06. The molecule has 0 unspecified atom stereocenters. The lowest BCUT2D eigenvalue weighted by Gasteiger charge is -2.20. The fraction of sp³-hybridized carbons (Fsp3) is 0.300. The van der Waals surface area contributed by atoms with E-state index in [1.807, 2.05) is 0 Å². The zero-order chi connectivity index (χ0) is 10.9. The number of hydrogen-bond donors (Lipinski definition) is 2. The molecule has 0 aromatic heterocycles. The number of carboxylic acid groups (broad SMARTS) is 1. The standard InChI is InChI=1S/C10H12ClNO2/c1-10(2,12)7-5-6(9(13)14)3-4-8(7)11/h3-5H,12H2,1-2H3,(H,13,14). The topological polar surface area (TPSA) is 63.3 Å². The van der Waals surface area contributed by atoms with Crippen LogP contribution in [-0.2, 0) is 5.54 Å². The first-order valence-electron chi connectivity index (χ1n) is 4.14. The van der Waals surface area contributed by atoms with E-state index >= 15 is 0 Å². The van der Waals surface area contributed by atoms with Crippen LogP contribution >= 0.6 is 11.6 Å². The predicted molar refractivity (Wildman–Crippen MR) is 55.6 cm³/mol. The van der Waals surface area contributed by atoms with Crippen LogP contribution in [0.4, 0.5) is 0 Å². The molecular weight excluding hydrogens is 202 g/mol. The van der Waals surface area contributed by atoms with Crippen molar-refractivity contribution in [3.8, 4) is 0 Å². The van der Waals surface area contributed by atoms with Gasteiger partial charge in [0.1, 0.15) is 0 Å². The molecule has 0 amide bonds. The third kappa shape index (κ3) is 2.25. The highest BCUT2D eigenvalue weighted by Crippen LogP contribution is 2.26. The van der Waals surface area contributed by atoms with Crippen molar-refractivity contribution in [1.82, 2.24) is 0 Å². The molecule has 0 saturated carbocycles. The molecule has 3 nitrogen and oxygen atoms in total. The van der Waals surface area contributed by atoms with Gasteiger partial charge in [-0.05, 0) is 37.6 Å². The van der Waals surface area contributed by atoms with Crippen molar-refractivity contribution in [2.24, 2.45) is 5.73 Å². The van der Waals surface area contributed by atoms with Crippen LogP contribution in [0.3, 0.4) is 0 Å².